The van der Waals surface area contributed by atoms with Crippen LogP contribution < -0.4 is 5.32 Å². The van der Waals surface area contributed by atoms with Crippen molar-refractivity contribution in [1.29, 1.82) is 0 Å². The summed E-state index contributed by atoms with van der Waals surface area (Å²) in [6.07, 6.45) is 6.30. The van der Waals surface area contributed by atoms with Crippen LogP contribution in [0, 0.1) is 5.82 Å². The maximum Gasteiger partial charge on any atom is 0.128 e. The second kappa shape index (κ2) is 5.37. The van der Waals surface area contributed by atoms with Gasteiger partial charge in [0.15, 0.2) is 0 Å². The van der Waals surface area contributed by atoms with Gasteiger partial charge in [-0.1, -0.05) is 24.6 Å². The van der Waals surface area contributed by atoms with E-state index in [4.69, 9.17) is 4.74 Å². The van der Waals surface area contributed by atoms with Crippen LogP contribution in [0.1, 0.15) is 37.7 Å². The molecule has 2 bridgehead atoms. The van der Waals surface area contributed by atoms with E-state index in [0.29, 0.717) is 30.4 Å². The Morgan fingerprint density at radius 3 is 2.61 bits per heavy atom. The van der Waals surface area contributed by atoms with Crippen molar-refractivity contribution in [2.45, 2.75) is 56.9 Å². The van der Waals surface area contributed by atoms with E-state index in [2.05, 4.69) is 5.32 Å². The average Bonchev–Trinajstić information content (AvgIpc) is 2.37. The normalized spacial score (nSPS) is 31.3. The number of rotatable bonds is 3. The Morgan fingerprint density at radius 2 is 1.89 bits per heavy atom. The van der Waals surface area contributed by atoms with Gasteiger partial charge in [-0.15, -0.1) is 0 Å². The summed E-state index contributed by atoms with van der Waals surface area (Å²) in [6.45, 7) is 0.400. The first-order chi connectivity index (χ1) is 8.81. The van der Waals surface area contributed by atoms with E-state index in [-0.39, 0.29) is 5.82 Å². The summed E-state index contributed by atoms with van der Waals surface area (Å²) in [6, 6.07) is 8.10. The molecule has 0 spiro atoms. The lowest BCUT2D eigenvalue weighted by atomic mass is 9.85. The van der Waals surface area contributed by atoms with Gasteiger partial charge < -0.3 is 10.1 Å². The van der Waals surface area contributed by atoms with Crippen molar-refractivity contribution in [2.24, 2.45) is 0 Å². The van der Waals surface area contributed by atoms with Crippen LogP contribution in [0.2, 0.25) is 0 Å². The minimum absolute atomic E-state index is 0.161. The fourth-order valence-corrected chi connectivity index (χ4v) is 3.17. The van der Waals surface area contributed by atoms with E-state index in [0.717, 1.165) is 12.8 Å². The van der Waals surface area contributed by atoms with E-state index in [1.54, 1.807) is 12.1 Å². The van der Waals surface area contributed by atoms with Gasteiger partial charge >= 0.3 is 0 Å². The molecule has 0 radical (unpaired) electrons. The van der Waals surface area contributed by atoms with Crippen molar-refractivity contribution in [3.05, 3.63) is 35.6 Å². The van der Waals surface area contributed by atoms with Gasteiger partial charge in [-0.2, -0.15) is 0 Å². The van der Waals surface area contributed by atoms with Gasteiger partial charge in [-0.3, -0.25) is 0 Å². The van der Waals surface area contributed by atoms with Gasteiger partial charge in [0.25, 0.3) is 0 Å². The summed E-state index contributed by atoms with van der Waals surface area (Å²) in [5.74, 6) is -0.161. The van der Waals surface area contributed by atoms with Gasteiger partial charge in [0.2, 0.25) is 0 Å². The van der Waals surface area contributed by atoms with Gasteiger partial charge in [-0.25, -0.2) is 4.39 Å². The monoisotopic (exact) mass is 249 g/mol. The van der Waals surface area contributed by atoms with Crippen LogP contribution in [-0.2, 0) is 11.3 Å². The highest BCUT2D eigenvalue weighted by Gasteiger charge is 2.31. The van der Waals surface area contributed by atoms with Crippen molar-refractivity contribution in [1.82, 2.24) is 5.32 Å². The zero-order valence-corrected chi connectivity index (χ0v) is 10.6. The molecule has 3 rings (SSSR count). The van der Waals surface area contributed by atoms with Crippen LogP contribution >= 0.6 is 0 Å². The molecule has 1 N–H and O–H groups in total. The SMILES string of the molecule is Fc1ccccc1COC1CC2CCCC(C1)N2. The van der Waals surface area contributed by atoms with Gasteiger partial charge in [0.05, 0.1) is 12.7 Å². The molecular weight excluding hydrogens is 229 g/mol. The maximum atomic E-state index is 13.5. The molecule has 0 aromatic heterocycles. The highest BCUT2D eigenvalue weighted by molar-refractivity contribution is 5.16. The fourth-order valence-electron chi connectivity index (χ4n) is 3.17. The zero-order chi connectivity index (χ0) is 12.4. The smallest absolute Gasteiger partial charge is 0.128 e. The molecule has 2 saturated heterocycles. The molecule has 2 nitrogen and oxygen atoms in total. The Hall–Kier alpha value is -0.930. The van der Waals surface area contributed by atoms with E-state index >= 15 is 0 Å². The topological polar surface area (TPSA) is 21.3 Å². The van der Waals surface area contributed by atoms with E-state index in [1.807, 2.05) is 6.07 Å². The van der Waals surface area contributed by atoms with Crippen LogP contribution in [-0.4, -0.2) is 18.2 Å². The fraction of sp³-hybridized carbons (Fsp3) is 0.600. The molecule has 18 heavy (non-hydrogen) atoms. The second-order valence-corrected chi connectivity index (χ2v) is 5.49. The largest absolute Gasteiger partial charge is 0.373 e. The molecule has 0 amide bonds. The summed E-state index contributed by atoms with van der Waals surface area (Å²) >= 11 is 0. The Kier molecular flexibility index (Phi) is 3.62. The predicted molar refractivity (Wildman–Crippen MR) is 68.8 cm³/mol. The number of fused-ring (bicyclic) bond motifs is 2. The summed E-state index contributed by atoms with van der Waals surface area (Å²) in [7, 11) is 0. The molecule has 2 aliphatic heterocycles. The first kappa shape index (κ1) is 12.1. The van der Waals surface area contributed by atoms with Crippen molar-refractivity contribution >= 4 is 0 Å². The van der Waals surface area contributed by atoms with E-state index in [1.165, 1.54) is 25.3 Å². The molecular formula is C15H20FNO. The number of benzene rings is 1. The minimum atomic E-state index is -0.161. The van der Waals surface area contributed by atoms with Gasteiger partial charge in [0.1, 0.15) is 5.82 Å². The van der Waals surface area contributed by atoms with E-state index < -0.39 is 0 Å². The Bertz CT molecular complexity index is 397. The Morgan fingerprint density at radius 1 is 1.17 bits per heavy atom. The molecule has 2 fully saturated rings. The van der Waals surface area contributed by atoms with E-state index in [9.17, 15) is 4.39 Å². The highest BCUT2D eigenvalue weighted by Crippen LogP contribution is 2.28. The van der Waals surface area contributed by atoms with Crippen LogP contribution in [0.5, 0.6) is 0 Å². The Balaban J connectivity index is 1.56. The second-order valence-electron chi connectivity index (χ2n) is 5.49. The van der Waals surface area contributed by atoms with Crippen molar-refractivity contribution in [2.75, 3.05) is 0 Å². The first-order valence-corrected chi connectivity index (χ1v) is 6.92. The standard InChI is InChI=1S/C15H20FNO/c16-15-7-2-1-4-11(15)10-18-14-8-12-5-3-6-13(9-14)17-12/h1-2,4,7,12-14,17H,3,5-6,8-10H2. The molecule has 1 aromatic carbocycles. The molecule has 2 unspecified atom stereocenters. The zero-order valence-electron chi connectivity index (χ0n) is 10.6. The maximum absolute atomic E-state index is 13.5. The minimum Gasteiger partial charge on any atom is -0.373 e. The number of ether oxygens (including phenoxy) is 1. The number of halogens is 1. The molecule has 1 aromatic rings. The number of nitrogens with one attached hydrogen (secondary N) is 1. The molecule has 2 aliphatic rings. The van der Waals surface area contributed by atoms with Crippen LogP contribution in [0.3, 0.4) is 0 Å². The third kappa shape index (κ3) is 2.73. The third-order valence-corrected chi connectivity index (χ3v) is 4.10. The number of piperidine rings is 2. The van der Waals surface area contributed by atoms with Crippen molar-refractivity contribution < 1.29 is 9.13 Å². The lowest BCUT2D eigenvalue weighted by Gasteiger charge is -2.40. The number of hydrogen-bond acceptors (Lipinski definition) is 2. The summed E-state index contributed by atoms with van der Waals surface area (Å²) < 4.78 is 19.4. The third-order valence-electron chi connectivity index (χ3n) is 4.10. The summed E-state index contributed by atoms with van der Waals surface area (Å²) in [5.41, 5.74) is 0.668. The Labute approximate surface area is 108 Å². The number of hydrogen-bond donors (Lipinski definition) is 1. The van der Waals surface area contributed by atoms with Crippen molar-refractivity contribution in [3.8, 4) is 0 Å². The molecule has 98 valence electrons. The predicted octanol–water partition coefficient (Wildman–Crippen LogP) is 3.02. The van der Waals surface area contributed by atoms with Gasteiger partial charge in [-0.05, 0) is 31.7 Å². The molecule has 3 heteroatoms. The van der Waals surface area contributed by atoms with Crippen molar-refractivity contribution in [3.63, 3.8) is 0 Å². The quantitative estimate of drug-likeness (QED) is 0.889. The van der Waals surface area contributed by atoms with Crippen LogP contribution in [0.4, 0.5) is 4.39 Å². The lowest BCUT2D eigenvalue weighted by molar-refractivity contribution is -0.0106. The van der Waals surface area contributed by atoms with Crippen LogP contribution in [0.15, 0.2) is 24.3 Å². The average molecular weight is 249 g/mol. The molecule has 2 atom stereocenters. The summed E-state index contributed by atoms with van der Waals surface area (Å²) in [4.78, 5) is 0. The first-order valence-electron chi connectivity index (χ1n) is 6.92. The van der Waals surface area contributed by atoms with Gasteiger partial charge in [0, 0.05) is 17.6 Å². The molecule has 2 heterocycles. The lowest BCUT2D eigenvalue weighted by Crippen LogP contribution is -2.50. The molecule has 0 saturated carbocycles. The summed E-state index contributed by atoms with van der Waals surface area (Å²) in [5, 5.41) is 3.64. The van der Waals surface area contributed by atoms with Crippen LogP contribution in [0.25, 0.3) is 0 Å². The highest BCUT2D eigenvalue weighted by atomic mass is 19.1. The molecule has 0 aliphatic carbocycles.